The molecule has 0 radical (unpaired) electrons. The first kappa shape index (κ1) is 40.9. The van der Waals surface area contributed by atoms with E-state index in [0.29, 0.717) is 12.4 Å². The Labute approximate surface area is 298 Å². The molecule has 0 bridgehead atoms. The van der Waals surface area contributed by atoms with Crippen molar-refractivity contribution < 1.29 is 25.2 Å². The molecule has 1 aromatic heterocycles. The highest BCUT2D eigenvalue weighted by atomic mass is 16.7. The molecule has 1 heterocycles. The summed E-state index contributed by atoms with van der Waals surface area (Å²) in [4.78, 5) is 32.7. The number of rotatable bonds is 6. The van der Waals surface area contributed by atoms with Crippen LogP contribution in [-0.4, -0.2) is 22.6 Å². The zero-order valence-corrected chi connectivity index (χ0v) is 27.1. The van der Waals surface area contributed by atoms with E-state index in [1.807, 2.05) is 18.2 Å². The Bertz CT molecular complexity index is 2020. The van der Waals surface area contributed by atoms with Crippen LogP contribution in [-0.2, 0) is 4.79 Å². The topological polar surface area (TPSA) is 151 Å². The number of aromatic nitrogens is 2. The largest absolute Gasteiger partial charge is 0.497 e. The molecule has 0 saturated heterocycles. The van der Waals surface area contributed by atoms with Gasteiger partial charge in [0.1, 0.15) is 5.75 Å². The van der Waals surface area contributed by atoms with Crippen molar-refractivity contribution in [2.45, 2.75) is 65.3 Å². The molecule has 260 valence electrons. The smallest absolute Gasteiger partial charge is 0.226 e. The second kappa shape index (κ2) is 27.5. The Hall–Kier alpha value is -7.09. The van der Waals surface area contributed by atoms with E-state index in [9.17, 15) is 4.79 Å². The van der Waals surface area contributed by atoms with Crippen LogP contribution < -0.4 is 10.1 Å². The van der Waals surface area contributed by atoms with Gasteiger partial charge in [-0.2, -0.15) is 0 Å². The van der Waals surface area contributed by atoms with Crippen molar-refractivity contribution in [3.8, 4) is 113 Å². The normalized spacial score (nSPS) is 9.42. The van der Waals surface area contributed by atoms with Gasteiger partial charge in [0.05, 0.1) is 18.1 Å². The molecule has 1 aliphatic carbocycles. The molecule has 2 aromatic rings. The Balaban J connectivity index is -0.0000000586. The summed E-state index contributed by atoms with van der Waals surface area (Å²) in [6.45, 7) is 5.88. The fourth-order valence-electron chi connectivity index (χ4n) is 4.14. The quantitative estimate of drug-likeness (QED) is 0.138. The van der Waals surface area contributed by atoms with Crippen LogP contribution in [0.2, 0.25) is 0 Å². The van der Waals surface area contributed by atoms with Gasteiger partial charge < -0.3 is 9.30 Å². The van der Waals surface area contributed by atoms with Crippen molar-refractivity contribution in [3.63, 3.8) is 0 Å². The number of benzene rings is 1. The van der Waals surface area contributed by atoms with Crippen LogP contribution in [0.15, 0.2) is 18.2 Å². The number of amides is 1. The van der Waals surface area contributed by atoms with Crippen molar-refractivity contribution in [1.82, 2.24) is 9.55 Å². The molecule has 1 aliphatic rings. The molecule has 48 heavy (non-hydrogen) atoms. The monoisotopic (exact) mass is 658 g/mol. The second-order valence-electron chi connectivity index (χ2n) is 9.36. The molecule has 1 amide bonds. The van der Waals surface area contributed by atoms with E-state index in [0.717, 1.165) is 29.1 Å². The van der Waals surface area contributed by atoms with Gasteiger partial charge in [-0.3, -0.25) is 10.1 Å². The molecule has 1 fully saturated rings. The van der Waals surface area contributed by atoms with Crippen molar-refractivity contribution in [1.29, 1.82) is 5.53 Å². The molecular formula is C38H54N6O4. The molecule has 0 spiro atoms. The number of methoxy groups -OCH3 is 1. The molecule has 10 nitrogen and oxygen atoms in total. The molecule has 10 heteroatoms. The minimum atomic E-state index is 0. The standard InChI is InChI=1S/C19H27N3O2.C19H4.HN3.O2.11H2/c1-13(2)22-17-12-15(24-3)9-10-16(17)20-19(22)21-18(23)11-8-14-6-4-5-7-14;1-3-5-7-9-11-13-15-17-19-18-16-14-12-10-8-6-4-2;1-3-2;1-2;;;;;;;;;;;/h9-10,12-14H,4-8,11H2,1-3H3,(H,20,21,23);1H,2H3;1H;;11*1H. The van der Waals surface area contributed by atoms with E-state index >= 15 is 0 Å². The van der Waals surface area contributed by atoms with Crippen LogP contribution in [0.25, 0.3) is 21.5 Å². The fourth-order valence-corrected chi connectivity index (χ4v) is 4.14. The van der Waals surface area contributed by atoms with Gasteiger partial charge in [-0.05, 0) is 150 Å². The number of terminal acetylenes is 1. The number of ether oxygens (including phenoxy) is 1. The van der Waals surface area contributed by atoms with Crippen molar-refractivity contribution in [3.05, 3.63) is 38.6 Å². The number of nitrogens with zero attached hydrogens (tertiary/aromatic N) is 4. The summed E-state index contributed by atoms with van der Waals surface area (Å²) < 4.78 is 7.38. The van der Waals surface area contributed by atoms with Crippen molar-refractivity contribution >= 4 is 22.9 Å². The van der Waals surface area contributed by atoms with Crippen molar-refractivity contribution in [2.75, 3.05) is 12.4 Å². The zero-order chi connectivity index (χ0) is 35.8. The maximum Gasteiger partial charge on any atom is 0.226 e. The third-order valence-electron chi connectivity index (χ3n) is 5.99. The molecule has 0 atom stereocenters. The maximum absolute atomic E-state index is 12.4. The van der Waals surface area contributed by atoms with Gasteiger partial charge in [0, 0.05) is 44.2 Å². The molecule has 0 aliphatic heterocycles. The molecule has 1 saturated carbocycles. The summed E-state index contributed by atoms with van der Waals surface area (Å²) in [6.07, 6.45) is 11.6. The number of anilines is 1. The van der Waals surface area contributed by atoms with Crippen LogP contribution in [0.1, 0.15) is 81.0 Å². The lowest BCUT2D eigenvalue weighted by Gasteiger charge is -2.14. The van der Waals surface area contributed by atoms with Gasteiger partial charge in [0.15, 0.2) is 0 Å². The Morgan fingerprint density at radius 3 is 1.92 bits per heavy atom. The number of fused-ring (bicyclic) bond motifs is 1. The third-order valence-corrected chi connectivity index (χ3v) is 5.99. The number of nitrogens with one attached hydrogen (secondary N) is 2. The maximum atomic E-state index is 12.4. The van der Waals surface area contributed by atoms with E-state index in [-0.39, 0.29) is 27.6 Å². The molecule has 1 aromatic carbocycles. The Morgan fingerprint density at radius 2 is 1.48 bits per heavy atom. The summed E-state index contributed by atoms with van der Waals surface area (Å²) in [5, 5.41) is 3.01. The zero-order valence-electron chi connectivity index (χ0n) is 27.1. The Morgan fingerprint density at radius 1 is 1.00 bits per heavy atom. The third kappa shape index (κ3) is 17.9. The molecular weight excluding hydrogens is 604 g/mol. The molecule has 0 unspecified atom stereocenters. The SMILES string of the molecule is C#CC#CC#CC#CC#CC#CC#CC#CC#CC.COc1ccc2nc(NC(=O)CCC3CCCC3)n(C(C)C)c2c1.O=O.[HH].[HH].[HH].[HH].[HH].[HH].[HH].[HH].[HH].[HH].[HH].[N-]=[N+]=N. The number of carbonyl (C=O) groups is 1. The number of hydrogen-bond acceptors (Lipinski definition) is 6. The minimum absolute atomic E-state index is 0. The van der Waals surface area contributed by atoms with E-state index < -0.39 is 0 Å². The van der Waals surface area contributed by atoms with Crippen molar-refractivity contribution in [2.24, 2.45) is 5.92 Å². The first-order valence-corrected chi connectivity index (χ1v) is 14.3. The summed E-state index contributed by atoms with van der Waals surface area (Å²) >= 11 is 0. The second-order valence-corrected chi connectivity index (χ2v) is 9.36. The van der Waals surface area contributed by atoms with E-state index in [2.05, 4.69) is 129 Å². The fraction of sp³-hybridized carbons (Fsp3) is 0.316. The summed E-state index contributed by atoms with van der Waals surface area (Å²) in [5.74, 6) is 44.1. The van der Waals surface area contributed by atoms with Crippen LogP contribution in [0.4, 0.5) is 5.95 Å². The van der Waals surface area contributed by atoms with Gasteiger partial charge in [-0.1, -0.05) is 31.6 Å². The van der Waals surface area contributed by atoms with E-state index in [4.69, 9.17) is 32.2 Å². The molecule has 3 rings (SSSR count). The lowest BCUT2D eigenvalue weighted by atomic mass is 10.0. The van der Waals surface area contributed by atoms with Crippen LogP contribution in [0.3, 0.4) is 0 Å². The summed E-state index contributed by atoms with van der Waals surface area (Å²) in [7, 11) is 1.66. The predicted molar refractivity (Wildman–Crippen MR) is 213 cm³/mol. The predicted octanol–water partition coefficient (Wildman–Crippen LogP) is 8.85. The van der Waals surface area contributed by atoms with Gasteiger partial charge in [0.25, 0.3) is 0 Å². The lowest BCUT2D eigenvalue weighted by molar-refractivity contribution is -0.116. The van der Waals surface area contributed by atoms with Gasteiger partial charge in [-0.25, -0.2) is 4.98 Å². The average molecular weight is 659 g/mol. The number of hydrogen-bond donors (Lipinski definition) is 2. The first-order chi connectivity index (χ1) is 23.4. The first-order valence-electron chi connectivity index (χ1n) is 14.3. The van der Waals surface area contributed by atoms with Crippen LogP contribution in [0.5, 0.6) is 5.75 Å². The Kier molecular flexibility index (Phi) is 23.4. The highest BCUT2D eigenvalue weighted by molar-refractivity contribution is 5.91. The van der Waals surface area contributed by atoms with Gasteiger partial charge in [-0.15, -0.1) is 12.0 Å². The van der Waals surface area contributed by atoms with Crippen LogP contribution in [0, 0.1) is 128 Å². The van der Waals surface area contributed by atoms with E-state index in [1.54, 1.807) is 18.9 Å². The average Bonchev–Trinajstić information content (AvgIpc) is 3.74. The number of imidazole rings is 1. The van der Waals surface area contributed by atoms with E-state index in [1.165, 1.54) is 25.7 Å². The highest BCUT2D eigenvalue weighted by Crippen LogP contribution is 2.30. The van der Waals surface area contributed by atoms with Gasteiger partial charge >= 0.3 is 0 Å². The highest BCUT2D eigenvalue weighted by Gasteiger charge is 2.19. The lowest BCUT2D eigenvalue weighted by Crippen LogP contribution is -2.17. The number of carbonyl (C=O) groups excluding carboxylic acids is 1. The van der Waals surface area contributed by atoms with Gasteiger partial charge in [0.2, 0.25) is 11.9 Å². The van der Waals surface area contributed by atoms with Crippen LogP contribution >= 0.6 is 0 Å². The summed E-state index contributed by atoms with van der Waals surface area (Å²) in [6, 6.07) is 6.00. The summed E-state index contributed by atoms with van der Waals surface area (Å²) in [5.41, 5.74) is 14.1. The minimum Gasteiger partial charge on any atom is -0.497 e. The molecule has 2 N–H and O–H groups in total.